The number of nitrogens with one attached hydrogen (secondary N) is 1. The molecule has 1 aliphatic rings. The van der Waals surface area contributed by atoms with Crippen molar-refractivity contribution in [2.45, 2.75) is 6.42 Å². The fourth-order valence-corrected chi connectivity index (χ4v) is 1.94. The van der Waals surface area contributed by atoms with E-state index in [9.17, 15) is 4.79 Å². The molecule has 0 aromatic heterocycles. The molecule has 1 heterocycles. The zero-order valence-electron chi connectivity index (χ0n) is 9.28. The molecule has 0 atom stereocenters. The molecule has 0 unspecified atom stereocenters. The molecule has 1 saturated heterocycles. The fourth-order valence-electron chi connectivity index (χ4n) is 1.94. The van der Waals surface area contributed by atoms with E-state index in [4.69, 9.17) is 5.73 Å². The third kappa shape index (κ3) is 2.52. The minimum Gasteiger partial charge on any atom is -0.370 e. The van der Waals surface area contributed by atoms with Crippen LogP contribution in [-0.2, 0) is 0 Å². The summed E-state index contributed by atoms with van der Waals surface area (Å²) in [5, 5.41) is 3.36. The van der Waals surface area contributed by atoms with E-state index in [0.717, 1.165) is 38.3 Å². The fraction of sp³-hybridized carbons (Fsp3) is 0.417. The number of hydrogen-bond donors (Lipinski definition) is 2. The zero-order valence-corrected chi connectivity index (χ0v) is 9.28. The summed E-state index contributed by atoms with van der Waals surface area (Å²) in [7, 11) is 0. The van der Waals surface area contributed by atoms with Gasteiger partial charge in [-0.15, -0.1) is 0 Å². The van der Waals surface area contributed by atoms with Crippen molar-refractivity contribution in [3.8, 4) is 0 Å². The van der Waals surface area contributed by atoms with Gasteiger partial charge in [-0.2, -0.15) is 0 Å². The zero-order chi connectivity index (χ0) is 11.4. The third-order valence-electron chi connectivity index (χ3n) is 2.86. The molecule has 0 aliphatic carbocycles. The Morgan fingerprint density at radius 2 is 1.94 bits per heavy atom. The van der Waals surface area contributed by atoms with E-state index >= 15 is 0 Å². The molecule has 1 aromatic carbocycles. The van der Waals surface area contributed by atoms with E-state index in [1.807, 2.05) is 12.1 Å². The molecule has 0 saturated carbocycles. The molecule has 2 rings (SSSR count). The van der Waals surface area contributed by atoms with Gasteiger partial charge in [0.05, 0.1) is 0 Å². The Kier molecular flexibility index (Phi) is 3.41. The molecule has 1 amide bonds. The van der Waals surface area contributed by atoms with Gasteiger partial charge in [0, 0.05) is 30.9 Å². The summed E-state index contributed by atoms with van der Waals surface area (Å²) in [5.74, 6) is -0.371. The Balaban J connectivity index is 2.10. The maximum Gasteiger partial charge on any atom is 0.248 e. The Bertz CT molecular complexity index is 353. The Labute approximate surface area is 95.4 Å². The average molecular weight is 219 g/mol. The van der Waals surface area contributed by atoms with Gasteiger partial charge in [-0.1, -0.05) is 0 Å². The van der Waals surface area contributed by atoms with Gasteiger partial charge in [-0.3, -0.25) is 4.79 Å². The number of nitrogens with two attached hydrogens (primary N) is 1. The first-order valence-electron chi connectivity index (χ1n) is 5.63. The van der Waals surface area contributed by atoms with Crippen LogP contribution in [-0.4, -0.2) is 32.1 Å². The molecule has 16 heavy (non-hydrogen) atoms. The van der Waals surface area contributed by atoms with Gasteiger partial charge in [-0.25, -0.2) is 0 Å². The Morgan fingerprint density at radius 1 is 1.19 bits per heavy atom. The second kappa shape index (κ2) is 4.99. The summed E-state index contributed by atoms with van der Waals surface area (Å²) in [4.78, 5) is 13.3. The quantitative estimate of drug-likeness (QED) is 0.765. The van der Waals surface area contributed by atoms with Crippen LogP contribution in [0.2, 0.25) is 0 Å². The lowest BCUT2D eigenvalue weighted by molar-refractivity contribution is 0.100. The molecule has 3 N–H and O–H groups in total. The van der Waals surface area contributed by atoms with E-state index in [-0.39, 0.29) is 5.91 Å². The highest BCUT2D eigenvalue weighted by molar-refractivity contribution is 5.93. The van der Waals surface area contributed by atoms with Gasteiger partial charge in [0.1, 0.15) is 0 Å². The van der Waals surface area contributed by atoms with Crippen molar-refractivity contribution in [3.05, 3.63) is 29.8 Å². The van der Waals surface area contributed by atoms with Crippen LogP contribution in [0.1, 0.15) is 16.8 Å². The number of carbonyl (C=O) groups excluding carboxylic acids is 1. The molecule has 0 radical (unpaired) electrons. The third-order valence-corrected chi connectivity index (χ3v) is 2.86. The minimum absolute atomic E-state index is 0.371. The summed E-state index contributed by atoms with van der Waals surface area (Å²) in [6.07, 6.45) is 1.15. The number of hydrogen-bond acceptors (Lipinski definition) is 3. The van der Waals surface area contributed by atoms with E-state index < -0.39 is 0 Å². The summed E-state index contributed by atoms with van der Waals surface area (Å²) in [5.41, 5.74) is 6.93. The van der Waals surface area contributed by atoms with Crippen LogP contribution < -0.4 is 16.0 Å². The summed E-state index contributed by atoms with van der Waals surface area (Å²) in [6.45, 7) is 4.16. The second-order valence-electron chi connectivity index (χ2n) is 4.00. The summed E-state index contributed by atoms with van der Waals surface area (Å²) in [6, 6.07) is 7.50. The highest BCUT2D eigenvalue weighted by atomic mass is 16.1. The topological polar surface area (TPSA) is 58.4 Å². The van der Waals surface area contributed by atoms with E-state index in [2.05, 4.69) is 10.2 Å². The van der Waals surface area contributed by atoms with Gasteiger partial charge in [0.25, 0.3) is 0 Å². The summed E-state index contributed by atoms with van der Waals surface area (Å²) < 4.78 is 0. The number of primary amides is 1. The predicted octanol–water partition coefficient (Wildman–Crippen LogP) is 0.585. The van der Waals surface area contributed by atoms with E-state index in [0.29, 0.717) is 5.56 Å². The van der Waals surface area contributed by atoms with E-state index in [1.165, 1.54) is 0 Å². The van der Waals surface area contributed by atoms with Crippen molar-refractivity contribution in [2.24, 2.45) is 5.73 Å². The monoisotopic (exact) mass is 219 g/mol. The van der Waals surface area contributed by atoms with Crippen LogP contribution in [0.5, 0.6) is 0 Å². The molecule has 1 fully saturated rings. The molecule has 0 spiro atoms. The SMILES string of the molecule is NC(=O)c1ccc(N2CCCNCC2)cc1. The van der Waals surface area contributed by atoms with Crippen molar-refractivity contribution in [1.29, 1.82) is 0 Å². The van der Waals surface area contributed by atoms with Crippen molar-refractivity contribution in [3.63, 3.8) is 0 Å². The minimum atomic E-state index is -0.371. The van der Waals surface area contributed by atoms with Crippen molar-refractivity contribution >= 4 is 11.6 Å². The molecule has 0 bridgehead atoms. The van der Waals surface area contributed by atoms with Crippen LogP contribution in [0.15, 0.2) is 24.3 Å². The molecule has 4 nitrogen and oxygen atoms in total. The first-order chi connectivity index (χ1) is 7.77. The van der Waals surface area contributed by atoms with Crippen molar-refractivity contribution in [2.75, 3.05) is 31.1 Å². The summed E-state index contributed by atoms with van der Waals surface area (Å²) >= 11 is 0. The number of rotatable bonds is 2. The molecule has 1 aliphatic heterocycles. The highest BCUT2D eigenvalue weighted by Gasteiger charge is 2.09. The van der Waals surface area contributed by atoms with Crippen LogP contribution in [0.4, 0.5) is 5.69 Å². The van der Waals surface area contributed by atoms with Crippen LogP contribution in [0.25, 0.3) is 0 Å². The first-order valence-corrected chi connectivity index (χ1v) is 5.63. The highest BCUT2D eigenvalue weighted by Crippen LogP contribution is 2.15. The molecular weight excluding hydrogens is 202 g/mol. The normalized spacial score (nSPS) is 16.9. The van der Waals surface area contributed by atoms with Gasteiger partial charge in [-0.05, 0) is 37.2 Å². The smallest absolute Gasteiger partial charge is 0.248 e. The van der Waals surface area contributed by atoms with E-state index in [1.54, 1.807) is 12.1 Å². The van der Waals surface area contributed by atoms with Crippen LogP contribution >= 0.6 is 0 Å². The van der Waals surface area contributed by atoms with Crippen LogP contribution in [0, 0.1) is 0 Å². The molecule has 1 aromatic rings. The molecule has 4 heteroatoms. The lowest BCUT2D eigenvalue weighted by Crippen LogP contribution is -2.27. The number of carbonyl (C=O) groups is 1. The molecular formula is C12H17N3O. The standard InChI is InChI=1S/C12H17N3O/c13-12(16)10-2-4-11(5-3-10)15-8-1-6-14-7-9-15/h2-5,14H,1,6-9H2,(H2,13,16). The second-order valence-corrected chi connectivity index (χ2v) is 4.00. The van der Waals surface area contributed by atoms with Crippen molar-refractivity contribution in [1.82, 2.24) is 5.32 Å². The van der Waals surface area contributed by atoms with Crippen molar-refractivity contribution < 1.29 is 4.79 Å². The number of benzene rings is 1. The van der Waals surface area contributed by atoms with Gasteiger partial charge in [0.15, 0.2) is 0 Å². The largest absolute Gasteiger partial charge is 0.370 e. The van der Waals surface area contributed by atoms with Gasteiger partial charge >= 0.3 is 0 Å². The Morgan fingerprint density at radius 3 is 2.62 bits per heavy atom. The number of nitrogens with zero attached hydrogens (tertiary/aromatic N) is 1. The molecule has 86 valence electrons. The van der Waals surface area contributed by atoms with Gasteiger partial charge < -0.3 is 16.0 Å². The lowest BCUT2D eigenvalue weighted by Gasteiger charge is -2.22. The number of amides is 1. The maximum absolute atomic E-state index is 10.9. The average Bonchev–Trinajstić information content (AvgIpc) is 2.57. The maximum atomic E-state index is 10.9. The van der Waals surface area contributed by atoms with Gasteiger partial charge in [0.2, 0.25) is 5.91 Å². The number of anilines is 1. The lowest BCUT2D eigenvalue weighted by atomic mass is 10.2. The first kappa shape index (κ1) is 11.0. The Hall–Kier alpha value is -1.55. The predicted molar refractivity (Wildman–Crippen MR) is 64.7 cm³/mol. The van der Waals surface area contributed by atoms with Crippen LogP contribution in [0.3, 0.4) is 0 Å².